The molecule has 2 aromatic rings. The molecule has 3 heterocycles. The second-order valence-corrected chi connectivity index (χ2v) is 17.5. The minimum absolute atomic E-state index is 0.0129. The molecule has 5 N–H and O–H groups in total. The monoisotopic (exact) mass is 810 g/mol. The lowest BCUT2D eigenvalue weighted by Crippen LogP contribution is -2.53. The van der Waals surface area contributed by atoms with Gasteiger partial charge in [-0.1, -0.05) is 43.2 Å². The van der Waals surface area contributed by atoms with Crippen LogP contribution in [0.3, 0.4) is 0 Å². The summed E-state index contributed by atoms with van der Waals surface area (Å²) in [5.41, 5.74) is 14.5. The number of hydrogen-bond donors (Lipinski definition) is 4. The van der Waals surface area contributed by atoms with E-state index in [0.29, 0.717) is 37.3 Å². The lowest BCUT2D eigenvalue weighted by Gasteiger charge is -2.40. The second kappa shape index (κ2) is 21.4. The van der Waals surface area contributed by atoms with Gasteiger partial charge in [-0.15, -0.1) is 6.58 Å². The standard InChI is InChI=1S/C48H72FN9O/c1-7-39(21-23-51-4)53-36(3)42-29-41(19-20-46(42)50)58-30-38(31-58)48(59)52-22-10-8-9-11-24-55-25-27-57(28-26-55)40-17-15-37(16-18-40)44-33-56(34-47(44)54(5)6)32-43-35(2)13-12-14-45(43)49/h7,14-20,29,38-39,44,47,51,53H,1,3,8-13,21-28,30-34,50H2,2,4-6H3,(H,52,59). The van der Waals surface area contributed by atoms with Crippen LogP contribution in [0.2, 0.25) is 0 Å². The summed E-state index contributed by atoms with van der Waals surface area (Å²) in [6.07, 6.45) is 10.9. The van der Waals surface area contributed by atoms with Crippen molar-refractivity contribution in [2.45, 2.75) is 69.9 Å². The number of carbonyl (C=O) groups excluding carboxylic acids is 1. The molecular formula is C48H72FN9O. The Bertz CT molecular complexity index is 1780. The first-order valence-corrected chi connectivity index (χ1v) is 22.2. The summed E-state index contributed by atoms with van der Waals surface area (Å²) < 4.78 is 14.7. The highest BCUT2D eigenvalue weighted by Gasteiger charge is 2.36. The smallest absolute Gasteiger partial charge is 0.226 e. The first kappa shape index (κ1) is 44.4. The number of halogens is 1. The van der Waals surface area contributed by atoms with E-state index in [-0.39, 0.29) is 23.7 Å². The van der Waals surface area contributed by atoms with Crippen LogP contribution >= 0.6 is 0 Å². The van der Waals surface area contributed by atoms with Crippen molar-refractivity contribution >= 4 is 28.7 Å². The summed E-state index contributed by atoms with van der Waals surface area (Å²) in [5.74, 6) is 0.566. The van der Waals surface area contributed by atoms with E-state index < -0.39 is 0 Å². The Balaban J connectivity index is 0.835. The molecule has 0 radical (unpaired) electrons. The van der Waals surface area contributed by atoms with Gasteiger partial charge in [-0.3, -0.25) is 14.6 Å². The fraction of sp³-hybridized carbons (Fsp3) is 0.562. The number of likely N-dealkylation sites (tertiary alicyclic amines) is 1. The number of nitrogen functional groups attached to an aromatic ring is 1. The largest absolute Gasteiger partial charge is 0.398 e. The second-order valence-electron chi connectivity index (χ2n) is 17.5. The Labute approximate surface area is 354 Å². The fourth-order valence-electron chi connectivity index (χ4n) is 9.21. The van der Waals surface area contributed by atoms with Crippen molar-refractivity contribution in [3.05, 3.63) is 95.9 Å². The molecule has 6 rings (SSSR count). The van der Waals surface area contributed by atoms with Crippen molar-refractivity contribution in [1.29, 1.82) is 0 Å². The van der Waals surface area contributed by atoms with E-state index in [1.165, 1.54) is 29.7 Å². The minimum Gasteiger partial charge on any atom is -0.398 e. The van der Waals surface area contributed by atoms with Crippen molar-refractivity contribution in [2.24, 2.45) is 5.92 Å². The maximum absolute atomic E-state index is 14.7. The Morgan fingerprint density at radius 1 is 0.949 bits per heavy atom. The molecule has 3 atom stereocenters. The predicted molar refractivity (Wildman–Crippen MR) is 246 cm³/mol. The number of rotatable bonds is 21. The van der Waals surface area contributed by atoms with E-state index >= 15 is 0 Å². The van der Waals surface area contributed by atoms with E-state index in [4.69, 9.17) is 5.73 Å². The molecule has 59 heavy (non-hydrogen) atoms. The Morgan fingerprint density at radius 3 is 2.37 bits per heavy atom. The molecule has 0 saturated carbocycles. The lowest BCUT2D eigenvalue weighted by atomic mass is 9.93. The van der Waals surface area contributed by atoms with E-state index in [1.807, 2.05) is 25.3 Å². The van der Waals surface area contributed by atoms with E-state index in [9.17, 15) is 9.18 Å². The SMILES string of the molecule is C=CC(CCNC)NC(=C)c1cc(N2CC(C(=O)NCCCCCCN3CCN(c4ccc(C5CN(CC6=C(C)CCC=C6F)CC5N(C)C)cc4)CC3)C2)ccc1N. The summed E-state index contributed by atoms with van der Waals surface area (Å²) in [4.78, 5) is 25.0. The van der Waals surface area contributed by atoms with Gasteiger partial charge in [-0.2, -0.15) is 0 Å². The molecule has 3 saturated heterocycles. The van der Waals surface area contributed by atoms with Crippen molar-refractivity contribution in [2.75, 3.05) is 115 Å². The number of unbranched alkanes of at least 4 members (excludes halogenated alkanes) is 3. The molecule has 3 aliphatic heterocycles. The zero-order valence-corrected chi connectivity index (χ0v) is 36.5. The van der Waals surface area contributed by atoms with Crippen molar-refractivity contribution in [1.82, 2.24) is 30.7 Å². The molecule has 11 heteroatoms. The van der Waals surface area contributed by atoms with E-state index in [2.05, 4.69) is 105 Å². The van der Waals surface area contributed by atoms with Gasteiger partial charge in [0, 0.05) is 117 Å². The first-order chi connectivity index (χ1) is 28.5. The summed E-state index contributed by atoms with van der Waals surface area (Å²) in [5, 5.41) is 9.80. The summed E-state index contributed by atoms with van der Waals surface area (Å²) in [7, 11) is 6.29. The van der Waals surface area contributed by atoms with Crippen molar-refractivity contribution in [3.8, 4) is 0 Å². The molecule has 4 aliphatic rings. The fourth-order valence-corrected chi connectivity index (χ4v) is 9.21. The molecule has 0 bridgehead atoms. The average Bonchev–Trinajstić information content (AvgIpc) is 3.65. The quantitative estimate of drug-likeness (QED) is 0.0667. The predicted octanol–water partition coefficient (Wildman–Crippen LogP) is 6.22. The first-order valence-electron chi connectivity index (χ1n) is 22.2. The molecule has 3 unspecified atom stereocenters. The van der Waals surface area contributed by atoms with Crippen LogP contribution < -0.4 is 31.5 Å². The molecule has 322 valence electrons. The minimum atomic E-state index is -0.0146. The number of allylic oxidation sites excluding steroid dienone is 2. The number of piperazine rings is 1. The van der Waals surface area contributed by atoms with Gasteiger partial charge in [-0.05, 0) is 115 Å². The maximum Gasteiger partial charge on any atom is 0.226 e. The summed E-state index contributed by atoms with van der Waals surface area (Å²) in [6, 6.07) is 15.8. The molecule has 3 fully saturated rings. The number of nitrogens with one attached hydrogen (secondary N) is 3. The van der Waals surface area contributed by atoms with Crippen LogP contribution in [0, 0.1) is 5.92 Å². The van der Waals surface area contributed by atoms with Gasteiger partial charge in [0.05, 0.1) is 5.92 Å². The van der Waals surface area contributed by atoms with Gasteiger partial charge in [0.25, 0.3) is 0 Å². The van der Waals surface area contributed by atoms with Crippen molar-refractivity contribution in [3.63, 3.8) is 0 Å². The third kappa shape index (κ3) is 11.8. The third-order valence-corrected chi connectivity index (χ3v) is 13.1. The van der Waals surface area contributed by atoms with Gasteiger partial charge in [0.15, 0.2) is 0 Å². The molecule has 1 aliphatic carbocycles. The number of hydrogen-bond acceptors (Lipinski definition) is 9. The zero-order chi connectivity index (χ0) is 41.9. The summed E-state index contributed by atoms with van der Waals surface area (Å²) >= 11 is 0. The number of amides is 1. The molecule has 1 amide bonds. The Kier molecular flexibility index (Phi) is 16.1. The van der Waals surface area contributed by atoms with Crippen LogP contribution in [0.5, 0.6) is 0 Å². The van der Waals surface area contributed by atoms with Gasteiger partial charge in [-0.25, -0.2) is 4.39 Å². The van der Waals surface area contributed by atoms with E-state index in [0.717, 1.165) is 114 Å². The van der Waals surface area contributed by atoms with Gasteiger partial charge in [0.2, 0.25) is 5.91 Å². The molecular weight excluding hydrogens is 738 g/mol. The number of nitrogens with zero attached hydrogens (tertiary/aromatic N) is 5. The molecule has 0 spiro atoms. The Hall–Kier alpha value is -4.16. The highest BCUT2D eigenvalue weighted by atomic mass is 19.1. The average molecular weight is 810 g/mol. The molecule has 0 aromatic heterocycles. The van der Waals surface area contributed by atoms with Crippen molar-refractivity contribution < 1.29 is 9.18 Å². The number of benzene rings is 2. The Morgan fingerprint density at radius 2 is 1.68 bits per heavy atom. The number of likely N-dealkylation sites (N-methyl/N-ethyl adjacent to an activating group) is 1. The molecule has 10 nitrogen and oxygen atoms in total. The maximum atomic E-state index is 14.7. The zero-order valence-electron chi connectivity index (χ0n) is 36.5. The number of nitrogens with two attached hydrogens (primary N) is 1. The molecule has 2 aromatic carbocycles. The van der Waals surface area contributed by atoms with Crippen LogP contribution in [0.25, 0.3) is 5.70 Å². The normalized spacial score (nSPS) is 21.1. The number of carbonyl (C=O) groups is 1. The summed E-state index contributed by atoms with van der Waals surface area (Å²) in [6.45, 7) is 21.4. The van der Waals surface area contributed by atoms with E-state index in [1.54, 1.807) is 6.08 Å². The third-order valence-electron chi connectivity index (χ3n) is 13.1. The van der Waals surface area contributed by atoms with Gasteiger partial charge < -0.3 is 36.4 Å². The highest BCUT2D eigenvalue weighted by Crippen LogP contribution is 2.35. The van der Waals surface area contributed by atoms with Gasteiger partial charge >= 0.3 is 0 Å². The van der Waals surface area contributed by atoms with Crippen LogP contribution in [0.15, 0.2) is 84.7 Å². The van der Waals surface area contributed by atoms with Gasteiger partial charge in [0.1, 0.15) is 5.83 Å². The highest BCUT2D eigenvalue weighted by molar-refractivity contribution is 5.83. The van der Waals surface area contributed by atoms with Crippen LogP contribution in [-0.2, 0) is 4.79 Å². The number of anilines is 3. The topological polar surface area (TPSA) is 95.4 Å². The van der Waals surface area contributed by atoms with Crippen LogP contribution in [-0.4, -0.2) is 132 Å². The van der Waals surface area contributed by atoms with Crippen LogP contribution in [0.1, 0.15) is 68.9 Å². The van der Waals surface area contributed by atoms with Crippen LogP contribution in [0.4, 0.5) is 21.5 Å². The lowest BCUT2D eigenvalue weighted by molar-refractivity contribution is -0.125.